The van der Waals surface area contributed by atoms with Crippen molar-refractivity contribution in [2.24, 2.45) is 0 Å². The fourth-order valence-electron chi connectivity index (χ4n) is 2.01. The Hall–Kier alpha value is -2.36. The van der Waals surface area contributed by atoms with Crippen molar-refractivity contribution in [2.45, 2.75) is 6.92 Å². The van der Waals surface area contributed by atoms with Crippen molar-refractivity contribution in [1.82, 2.24) is 10.4 Å². The molecule has 2 aromatic carbocycles. The zero-order valence-corrected chi connectivity index (χ0v) is 9.88. The lowest BCUT2D eigenvalue weighted by Gasteiger charge is -2.10. The lowest BCUT2D eigenvalue weighted by molar-refractivity contribution is 0.339. The van der Waals surface area contributed by atoms with Crippen LogP contribution in [0.25, 0.3) is 22.1 Å². The summed E-state index contributed by atoms with van der Waals surface area (Å²) in [7, 11) is 0. The molecule has 0 spiro atoms. The Morgan fingerprint density at radius 1 is 1.22 bits per heavy atom. The van der Waals surface area contributed by atoms with E-state index in [2.05, 4.69) is 16.6 Å². The van der Waals surface area contributed by atoms with Gasteiger partial charge in [-0.25, -0.2) is 0 Å². The van der Waals surface area contributed by atoms with Crippen LogP contribution >= 0.6 is 0 Å². The van der Waals surface area contributed by atoms with Crippen molar-refractivity contribution in [2.75, 3.05) is 6.61 Å². The molecule has 0 aliphatic carbocycles. The minimum absolute atomic E-state index is 0.496. The number of aromatic nitrogens is 2. The molecule has 3 rings (SSSR count). The number of hydrogen-bond donors (Lipinski definition) is 0. The van der Waals surface area contributed by atoms with Crippen molar-refractivity contribution < 1.29 is 9.26 Å². The van der Waals surface area contributed by atoms with E-state index in [9.17, 15) is 0 Å². The molecule has 1 aromatic heterocycles. The van der Waals surface area contributed by atoms with Gasteiger partial charge in [-0.1, -0.05) is 30.3 Å². The quantitative estimate of drug-likeness (QED) is 0.704. The maximum absolute atomic E-state index is 5.63. The van der Waals surface area contributed by atoms with E-state index in [4.69, 9.17) is 9.26 Å². The van der Waals surface area contributed by atoms with Gasteiger partial charge in [-0.3, -0.25) is 0 Å². The third-order valence-electron chi connectivity index (χ3n) is 2.74. The average Bonchev–Trinajstić information content (AvgIpc) is 2.92. The van der Waals surface area contributed by atoms with Crippen LogP contribution in [0.1, 0.15) is 6.92 Å². The molecule has 1 heterocycles. The Labute approximate surface area is 104 Å². The maximum atomic E-state index is 5.63. The predicted molar refractivity (Wildman–Crippen MR) is 67.2 cm³/mol. The Morgan fingerprint density at radius 2 is 2.11 bits per heavy atom. The van der Waals surface area contributed by atoms with E-state index >= 15 is 0 Å². The minimum Gasteiger partial charge on any atom is -0.493 e. The molecule has 0 atom stereocenters. The summed E-state index contributed by atoms with van der Waals surface area (Å²) in [6, 6.07) is 12.0. The van der Waals surface area contributed by atoms with Gasteiger partial charge in [0.15, 0.2) is 6.20 Å². The van der Waals surface area contributed by atoms with Crippen molar-refractivity contribution in [3.63, 3.8) is 0 Å². The summed E-state index contributed by atoms with van der Waals surface area (Å²) in [5.74, 6) is 1.25. The fraction of sp³-hybridized carbons (Fsp3) is 0.143. The minimum atomic E-state index is 0.496. The molecular weight excluding hydrogens is 228 g/mol. The lowest BCUT2D eigenvalue weighted by atomic mass is 10.0. The first-order valence-corrected chi connectivity index (χ1v) is 5.75. The molecule has 0 saturated heterocycles. The zero-order chi connectivity index (χ0) is 12.4. The predicted octanol–water partition coefficient (Wildman–Crippen LogP) is 3.09. The van der Waals surface area contributed by atoms with Crippen molar-refractivity contribution >= 4 is 10.8 Å². The molecule has 0 fully saturated rings. The Balaban J connectivity index is 2.32. The third kappa shape index (κ3) is 1.72. The van der Waals surface area contributed by atoms with Crippen LogP contribution in [0.2, 0.25) is 0 Å². The first-order valence-electron chi connectivity index (χ1n) is 5.75. The van der Waals surface area contributed by atoms with Gasteiger partial charge in [0.1, 0.15) is 5.75 Å². The standard InChI is InChI=1S/C14H11N2O2/c1-2-17-12-8-7-10-5-3-4-6-11(10)14(12)13-9-15-16-18-13/h3-8H,2H2,1H3. The second-order valence-corrected chi connectivity index (χ2v) is 3.81. The largest absolute Gasteiger partial charge is 0.493 e. The molecule has 89 valence electrons. The average molecular weight is 239 g/mol. The van der Waals surface area contributed by atoms with E-state index in [1.807, 2.05) is 43.3 Å². The third-order valence-corrected chi connectivity index (χ3v) is 2.74. The molecule has 0 aliphatic rings. The number of ether oxygens (including phenoxy) is 1. The topological polar surface area (TPSA) is 48.2 Å². The van der Waals surface area contributed by atoms with Crippen LogP contribution in [0.5, 0.6) is 5.75 Å². The summed E-state index contributed by atoms with van der Waals surface area (Å²) in [6.07, 6.45) is 2.74. The summed E-state index contributed by atoms with van der Waals surface area (Å²) in [4.78, 5) is 0. The molecule has 3 aromatic rings. The first kappa shape index (κ1) is 10.8. The number of hydrogen-bond acceptors (Lipinski definition) is 4. The highest BCUT2D eigenvalue weighted by atomic mass is 16.5. The lowest BCUT2D eigenvalue weighted by Crippen LogP contribution is -1.94. The van der Waals surface area contributed by atoms with E-state index in [1.54, 1.807) is 0 Å². The molecule has 0 N–H and O–H groups in total. The normalized spacial score (nSPS) is 10.7. The van der Waals surface area contributed by atoms with E-state index < -0.39 is 0 Å². The van der Waals surface area contributed by atoms with Crippen LogP contribution < -0.4 is 4.74 Å². The molecule has 0 unspecified atom stereocenters. The summed E-state index contributed by atoms with van der Waals surface area (Å²) in [5.41, 5.74) is 0.847. The van der Waals surface area contributed by atoms with Gasteiger partial charge in [0, 0.05) is 5.27 Å². The highest BCUT2D eigenvalue weighted by molar-refractivity contribution is 5.98. The molecule has 0 saturated carbocycles. The highest BCUT2D eigenvalue weighted by Crippen LogP contribution is 2.36. The number of benzene rings is 2. The van der Waals surface area contributed by atoms with Gasteiger partial charge in [0.05, 0.1) is 12.2 Å². The molecule has 1 radical (unpaired) electrons. The van der Waals surface area contributed by atoms with Crippen LogP contribution in [-0.2, 0) is 0 Å². The van der Waals surface area contributed by atoms with Crippen LogP contribution in [0.15, 0.2) is 40.9 Å². The highest BCUT2D eigenvalue weighted by Gasteiger charge is 2.14. The van der Waals surface area contributed by atoms with Crippen LogP contribution in [0, 0.1) is 6.20 Å². The van der Waals surface area contributed by atoms with Crippen molar-refractivity contribution in [1.29, 1.82) is 0 Å². The summed E-state index contributed by atoms with van der Waals surface area (Å²) in [6.45, 7) is 2.54. The molecule has 18 heavy (non-hydrogen) atoms. The first-order chi connectivity index (χ1) is 8.90. The fourth-order valence-corrected chi connectivity index (χ4v) is 2.01. The van der Waals surface area contributed by atoms with Gasteiger partial charge >= 0.3 is 0 Å². The van der Waals surface area contributed by atoms with Crippen LogP contribution in [0.3, 0.4) is 0 Å². The van der Waals surface area contributed by atoms with E-state index in [0.29, 0.717) is 12.4 Å². The van der Waals surface area contributed by atoms with Crippen molar-refractivity contribution in [3.8, 4) is 17.1 Å². The smallest absolute Gasteiger partial charge is 0.201 e. The van der Waals surface area contributed by atoms with Gasteiger partial charge in [-0.2, -0.15) is 0 Å². The second-order valence-electron chi connectivity index (χ2n) is 3.81. The molecule has 4 heteroatoms. The number of nitrogens with zero attached hydrogens (tertiary/aromatic N) is 2. The number of rotatable bonds is 3. The van der Waals surface area contributed by atoms with Gasteiger partial charge in [0.25, 0.3) is 0 Å². The van der Waals surface area contributed by atoms with Gasteiger partial charge in [0.2, 0.25) is 5.76 Å². The van der Waals surface area contributed by atoms with E-state index in [-0.39, 0.29) is 0 Å². The van der Waals surface area contributed by atoms with Crippen LogP contribution in [-0.4, -0.2) is 17.0 Å². The maximum Gasteiger partial charge on any atom is 0.201 e. The monoisotopic (exact) mass is 239 g/mol. The SMILES string of the molecule is CCOc1ccc2ccccc2c1-c1[c]nno1. The van der Waals surface area contributed by atoms with Gasteiger partial charge < -0.3 is 9.26 Å². The Morgan fingerprint density at radius 3 is 2.89 bits per heavy atom. The van der Waals surface area contributed by atoms with Crippen molar-refractivity contribution in [3.05, 3.63) is 42.6 Å². The van der Waals surface area contributed by atoms with E-state index in [1.165, 1.54) is 0 Å². The molecule has 0 bridgehead atoms. The van der Waals surface area contributed by atoms with Crippen LogP contribution in [0.4, 0.5) is 0 Å². The van der Waals surface area contributed by atoms with E-state index in [0.717, 1.165) is 22.1 Å². The molecule has 0 amide bonds. The van der Waals surface area contributed by atoms with Gasteiger partial charge in [-0.15, -0.1) is 5.10 Å². The molecular formula is C14H11N2O2. The zero-order valence-electron chi connectivity index (χ0n) is 9.88. The Kier molecular flexibility index (Phi) is 2.68. The second kappa shape index (κ2) is 4.49. The molecule has 0 aliphatic heterocycles. The Bertz CT molecular complexity index is 663. The number of fused-ring (bicyclic) bond motifs is 1. The summed E-state index contributed by atoms with van der Waals surface area (Å²) in [5, 5.41) is 9.23. The van der Waals surface area contributed by atoms with Gasteiger partial charge in [-0.05, 0) is 23.8 Å². The summed E-state index contributed by atoms with van der Waals surface area (Å²) >= 11 is 0. The summed E-state index contributed by atoms with van der Waals surface area (Å²) < 4.78 is 10.8. The molecule has 4 nitrogen and oxygen atoms in total.